The molecule has 0 saturated heterocycles. The van der Waals surface area contributed by atoms with Gasteiger partial charge in [-0.25, -0.2) is 0 Å². The molecule has 2 N–H and O–H groups in total. The van der Waals surface area contributed by atoms with Crippen LogP contribution < -0.4 is 15.2 Å². The molecule has 0 amide bonds. The van der Waals surface area contributed by atoms with Crippen molar-refractivity contribution in [2.45, 2.75) is 26.4 Å². The topological polar surface area (TPSA) is 57.6 Å². The predicted molar refractivity (Wildman–Crippen MR) is 68.8 cm³/mol. The van der Waals surface area contributed by atoms with Gasteiger partial charge in [-0.15, -0.1) is 13.2 Å². The van der Waals surface area contributed by atoms with Crippen LogP contribution in [0.25, 0.3) is 0 Å². The Morgan fingerprint density at radius 2 is 1.76 bits per heavy atom. The van der Waals surface area contributed by atoms with Gasteiger partial charge < -0.3 is 19.6 Å². The summed E-state index contributed by atoms with van der Waals surface area (Å²) in [5.74, 6) is 1.44. The van der Waals surface area contributed by atoms with Crippen molar-refractivity contribution < 1.29 is 27.1 Å². The van der Waals surface area contributed by atoms with Crippen molar-refractivity contribution in [1.29, 1.82) is 0 Å². The lowest BCUT2D eigenvalue weighted by molar-refractivity contribution is -0.274. The van der Waals surface area contributed by atoms with Crippen LogP contribution in [0.5, 0.6) is 11.5 Å². The third-order valence-corrected chi connectivity index (χ3v) is 2.73. The third-order valence-electron chi connectivity index (χ3n) is 2.73. The first-order chi connectivity index (χ1) is 9.87. The van der Waals surface area contributed by atoms with E-state index < -0.39 is 6.36 Å². The summed E-state index contributed by atoms with van der Waals surface area (Å²) in [4.78, 5) is 0. The van der Waals surface area contributed by atoms with E-state index in [0.717, 1.165) is 11.3 Å². The van der Waals surface area contributed by atoms with Crippen molar-refractivity contribution >= 4 is 0 Å². The van der Waals surface area contributed by atoms with E-state index in [1.165, 1.54) is 24.3 Å². The molecule has 7 heteroatoms. The van der Waals surface area contributed by atoms with Crippen LogP contribution in [0, 0.1) is 6.92 Å². The van der Waals surface area contributed by atoms with E-state index in [9.17, 15) is 13.2 Å². The number of benzene rings is 1. The normalized spacial score (nSPS) is 11.5. The van der Waals surface area contributed by atoms with Crippen molar-refractivity contribution in [1.82, 2.24) is 0 Å². The Labute approximate surface area is 119 Å². The molecule has 21 heavy (non-hydrogen) atoms. The van der Waals surface area contributed by atoms with Crippen LogP contribution in [-0.2, 0) is 13.2 Å². The van der Waals surface area contributed by atoms with Crippen molar-refractivity contribution in [2.24, 2.45) is 5.73 Å². The minimum absolute atomic E-state index is 0.167. The van der Waals surface area contributed by atoms with Crippen LogP contribution in [0.3, 0.4) is 0 Å². The van der Waals surface area contributed by atoms with Crippen LogP contribution in [0.15, 0.2) is 34.7 Å². The first kappa shape index (κ1) is 15.2. The molecule has 1 aromatic heterocycles. The monoisotopic (exact) mass is 301 g/mol. The van der Waals surface area contributed by atoms with Crippen LogP contribution in [0.1, 0.15) is 17.1 Å². The summed E-state index contributed by atoms with van der Waals surface area (Å²) in [6, 6.07) is 6.93. The highest BCUT2D eigenvalue weighted by atomic mass is 19.4. The number of furan rings is 1. The highest BCUT2D eigenvalue weighted by Crippen LogP contribution is 2.25. The highest BCUT2D eigenvalue weighted by molar-refractivity contribution is 5.31. The van der Waals surface area contributed by atoms with Crippen molar-refractivity contribution in [3.8, 4) is 11.5 Å². The van der Waals surface area contributed by atoms with E-state index >= 15 is 0 Å². The first-order valence-corrected chi connectivity index (χ1v) is 6.14. The lowest BCUT2D eigenvalue weighted by Gasteiger charge is -2.09. The van der Waals surface area contributed by atoms with Crippen LogP contribution in [0.2, 0.25) is 0 Å². The van der Waals surface area contributed by atoms with E-state index in [2.05, 4.69) is 4.74 Å². The average Bonchev–Trinajstić information content (AvgIpc) is 2.77. The largest absolute Gasteiger partial charge is 0.573 e. The van der Waals surface area contributed by atoms with Gasteiger partial charge in [0.1, 0.15) is 29.6 Å². The Bertz CT molecular complexity index is 591. The molecule has 114 valence electrons. The molecule has 0 aliphatic heterocycles. The second-order valence-electron chi connectivity index (χ2n) is 4.31. The van der Waals surface area contributed by atoms with E-state index in [-0.39, 0.29) is 12.4 Å². The molecule has 0 spiro atoms. The van der Waals surface area contributed by atoms with E-state index in [0.29, 0.717) is 18.1 Å². The summed E-state index contributed by atoms with van der Waals surface area (Å²) < 4.78 is 50.6. The molecule has 1 aromatic carbocycles. The van der Waals surface area contributed by atoms with Gasteiger partial charge in [0, 0.05) is 12.1 Å². The first-order valence-electron chi connectivity index (χ1n) is 6.14. The van der Waals surface area contributed by atoms with Crippen molar-refractivity contribution in [3.05, 3.63) is 47.4 Å². The standard InChI is InChI=1S/C14H14F3NO3/c1-9-10(7-18)6-13(20-9)8-19-11-2-4-12(5-3-11)21-14(15,16)17/h2-6H,7-8,18H2,1H3. The average molecular weight is 301 g/mol. The zero-order chi connectivity index (χ0) is 15.5. The summed E-state index contributed by atoms with van der Waals surface area (Å²) >= 11 is 0. The lowest BCUT2D eigenvalue weighted by atomic mass is 10.2. The summed E-state index contributed by atoms with van der Waals surface area (Å²) in [6.07, 6.45) is -4.70. The quantitative estimate of drug-likeness (QED) is 0.918. The number of halogens is 3. The SMILES string of the molecule is Cc1oc(COc2ccc(OC(F)(F)F)cc2)cc1CN. The number of nitrogens with two attached hydrogens (primary N) is 1. The number of alkyl halides is 3. The highest BCUT2D eigenvalue weighted by Gasteiger charge is 2.30. The molecule has 0 atom stereocenters. The fourth-order valence-electron chi connectivity index (χ4n) is 1.75. The lowest BCUT2D eigenvalue weighted by Crippen LogP contribution is -2.16. The van der Waals surface area contributed by atoms with Gasteiger partial charge >= 0.3 is 6.36 Å². The van der Waals surface area contributed by atoms with Crippen molar-refractivity contribution in [3.63, 3.8) is 0 Å². The number of ether oxygens (including phenoxy) is 2. The van der Waals surface area contributed by atoms with Gasteiger partial charge in [-0.05, 0) is 37.3 Å². The molecule has 1 heterocycles. The molecule has 2 rings (SSSR count). The summed E-state index contributed by atoms with van der Waals surface area (Å²) in [5, 5.41) is 0. The van der Waals surface area contributed by atoms with Gasteiger partial charge in [-0.2, -0.15) is 0 Å². The van der Waals surface area contributed by atoms with Gasteiger partial charge in [0.15, 0.2) is 0 Å². The van der Waals surface area contributed by atoms with Gasteiger partial charge in [-0.3, -0.25) is 0 Å². The maximum Gasteiger partial charge on any atom is 0.573 e. The summed E-state index contributed by atoms with van der Waals surface area (Å²) in [5.41, 5.74) is 6.42. The molecule has 0 aliphatic rings. The van der Waals surface area contributed by atoms with Gasteiger partial charge in [0.05, 0.1) is 0 Å². The molecular formula is C14H14F3NO3. The molecule has 2 aromatic rings. The van der Waals surface area contributed by atoms with E-state index in [1.807, 2.05) is 0 Å². The predicted octanol–water partition coefficient (Wildman–Crippen LogP) is 3.52. The number of hydrogen-bond donors (Lipinski definition) is 1. The molecule has 0 saturated carbocycles. The zero-order valence-electron chi connectivity index (χ0n) is 11.2. The van der Waals surface area contributed by atoms with Gasteiger partial charge in [0.2, 0.25) is 0 Å². The Morgan fingerprint density at radius 1 is 1.14 bits per heavy atom. The van der Waals surface area contributed by atoms with E-state index in [4.69, 9.17) is 14.9 Å². The van der Waals surface area contributed by atoms with Crippen LogP contribution in [-0.4, -0.2) is 6.36 Å². The molecule has 4 nitrogen and oxygen atoms in total. The molecule has 0 bridgehead atoms. The van der Waals surface area contributed by atoms with Crippen molar-refractivity contribution in [2.75, 3.05) is 0 Å². The molecule has 0 radical (unpaired) electrons. The maximum absolute atomic E-state index is 12.0. The fraction of sp³-hybridized carbons (Fsp3) is 0.286. The Hall–Kier alpha value is -2.15. The zero-order valence-corrected chi connectivity index (χ0v) is 11.2. The number of aryl methyl sites for hydroxylation is 1. The van der Waals surface area contributed by atoms with E-state index in [1.54, 1.807) is 13.0 Å². The Kier molecular flexibility index (Phi) is 4.42. The molecule has 0 fully saturated rings. The smallest absolute Gasteiger partial charge is 0.486 e. The second kappa shape index (κ2) is 6.09. The van der Waals surface area contributed by atoms with Gasteiger partial charge in [0.25, 0.3) is 0 Å². The summed E-state index contributed by atoms with van der Waals surface area (Å²) in [7, 11) is 0. The van der Waals surface area contributed by atoms with Crippen LogP contribution in [0.4, 0.5) is 13.2 Å². The minimum atomic E-state index is -4.70. The Balaban J connectivity index is 1.94. The Morgan fingerprint density at radius 3 is 2.29 bits per heavy atom. The van der Waals surface area contributed by atoms with Crippen LogP contribution >= 0.6 is 0 Å². The maximum atomic E-state index is 12.0. The molecule has 0 aliphatic carbocycles. The minimum Gasteiger partial charge on any atom is -0.486 e. The number of rotatable bonds is 5. The number of hydrogen-bond acceptors (Lipinski definition) is 4. The fourth-order valence-corrected chi connectivity index (χ4v) is 1.75. The molecule has 0 unspecified atom stereocenters. The summed E-state index contributed by atoms with van der Waals surface area (Å²) in [6.45, 7) is 2.34. The van der Waals surface area contributed by atoms with Gasteiger partial charge in [-0.1, -0.05) is 0 Å². The third kappa shape index (κ3) is 4.42. The second-order valence-corrected chi connectivity index (χ2v) is 4.31. The molecular weight excluding hydrogens is 287 g/mol.